The van der Waals surface area contributed by atoms with Gasteiger partial charge in [-0.2, -0.15) is 0 Å². The smallest absolute Gasteiger partial charge is 0.319 e. The Bertz CT molecular complexity index is 672. The number of carbonyl (C=O) groups is 1. The molecule has 0 bridgehead atoms. The molecule has 1 aliphatic carbocycles. The molecule has 1 saturated carbocycles. The first-order valence-electron chi connectivity index (χ1n) is 8.92. The number of H-pyrrole nitrogens is 1. The number of hydrogen-bond donors (Lipinski definition) is 3. The van der Waals surface area contributed by atoms with E-state index in [9.17, 15) is 4.79 Å². The average Bonchev–Trinajstić information content (AvgIpc) is 3.12. The van der Waals surface area contributed by atoms with E-state index in [1.165, 1.54) is 12.8 Å². The minimum Gasteiger partial charge on any atom is -0.374 e. The molecule has 25 heavy (non-hydrogen) atoms. The van der Waals surface area contributed by atoms with Gasteiger partial charge in [-0.3, -0.25) is 0 Å². The summed E-state index contributed by atoms with van der Waals surface area (Å²) in [5.74, 6) is 1.48. The summed E-state index contributed by atoms with van der Waals surface area (Å²) in [6.07, 6.45) is 8.61. The number of imidazole rings is 1. The maximum absolute atomic E-state index is 12.0. The fourth-order valence-corrected chi connectivity index (χ4v) is 3.22. The number of ether oxygens (including phenoxy) is 1. The van der Waals surface area contributed by atoms with Crippen molar-refractivity contribution in [3.05, 3.63) is 48.0 Å². The van der Waals surface area contributed by atoms with Crippen LogP contribution in [0.15, 0.2) is 36.7 Å². The lowest BCUT2D eigenvalue weighted by Gasteiger charge is -2.26. The highest BCUT2D eigenvalue weighted by molar-refractivity contribution is 5.89. The van der Waals surface area contributed by atoms with Crippen LogP contribution in [0.5, 0.6) is 0 Å². The van der Waals surface area contributed by atoms with Crippen LogP contribution >= 0.6 is 0 Å². The van der Waals surface area contributed by atoms with Gasteiger partial charge < -0.3 is 20.4 Å². The Morgan fingerprint density at radius 2 is 2.32 bits per heavy atom. The summed E-state index contributed by atoms with van der Waals surface area (Å²) in [7, 11) is 0. The van der Waals surface area contributed by atoms with Crippen LogP contribution < -0.4 is 10.6 Å². The standard InChI is InChI=1S/C19H26N4O2/c1-14-4-2-7-17(10-14)25-13-15-5-3-6-16(11-15)23-19(24)22-12-18-20-8-9-21-18/h3,5-6,8-9,11,14,17H,2,4,7,10,12-13H2,1H3,(H,20,21)(H2,22,23,24)/t14-,17-/m0/s1. The Morgan fingerprint density at radius 3 is 3.12 bits per heavy atom. The molecular formula is C19H26N4O2. The number of urea groups is 1. The molecule has 134 valence electrons. The zero-order valence-corrected chi connectivity index (χ0v) is 14.6. The molecule has 1 aromatic heterocycles. The lowest BCUT2D eigenvalue weighted by Crippen LogP contribution is -2.28. The molecule has 3 rings (SSSR count). The summed E-state index contributed by atoms with van der Waals surface area (Å²) in [4.78, 5) is 19.0. The molecule has 0 unspecified atom stereocenters. The summed E-state index contributed by atoms with van der Waals surface area (Å²) in [5.41, 5.74) is 1.83. The van der Waals surface area contributed by atoms with E-state index < -0.39 is 0 Å². The van der Waals surface area contributed by atoms with E-state index >= 15 is 0 Å². The van der Waals surface area contributed by atoms with Crippen LogP contribution in [0.1, 0.15) is 44.0 Å². The molecule has 0 spiro atoms. The molecule has 3 N–H and O–H groups in total. The minimum absolute atomic E-state index is 0.254. The second-order valence-electron chi connectivity index (χ2n) is 6.75. The normalized spacial score (nSPS) is 20.2. The zero-order valence-electron chi connectivity index (χ0n) is 14.6. The molecule has 1 aromatic carbocycles. The van der Waals surface area contributed by atoms with Crippen molar-refractivity contribution in [3.8, 4) is 0 Å². The molecule has 2 atom stereocenters. The maximum Gasteiger partial charge on any atom is 0.319 e. The summed E-state index contributed by atoms with van der Waals surface area (Å²) in [6.45, 7) is 3.24. The first-order valence-corrected chi connectivity index (χ1v) is 8.92. The Kier molecular flexibility index (Phi) is 6.06. The van der Waals surface area contributed by atoms with Crippen LogP contribution in [-0.2, 0) is 17.9 Å². The van der Waals surface area contributed by atoms with Gasteiger partial charge in [-0.15, -0.1) is 0 Å². The van der Waals surface area contributed by atoms with Crippen molar-refractivity contribution in [1.82, 2.24) is 15.3 Å². The molecule has 6 nitrogen and oxygen atoms in total. The predicted octanol–water partition coefficient (Wildman–Crippen LogP) is 3.83. The van der Waals surface area contributed by atoms with E-state index in [0.29, 0.717) is 19.3 Å². The third-order valence-electron chi connectivity index (χ3n) is 4.53. The van der Waals surface area contributed by atoms with Crippen LogP contribution in [0.2, 0.25) is 0 Å². The summed E-state index contributed by atoms with van der Waals surface area (Å²) in [6, 6.07) is 7.54. The second kappa shape index (κ2) is 8.67. The Labute approximate surface area is 148 Å². The number of carbonyl (C=O) groups excluding carboxylic acids is 1. The second-order valence-corrected chi connectivity index (χ2v) is 6.75. The molecule has 0 radical (unpaired) electrons. The van der Waals surface area contributed by atoms with Crippen molar-refractivity contribution < 1.29 is 9.53 Å². The highest BCUT2D eigenvalue weighted by Crippen LogP contribution is 2.26. The number of nitrogens with one attached hydrogen (secondary N) is 3. The molecule has 2 amide bonds. The van der Waals surface area contributed by atoms with E-state index in [0.717, 1.165) is 35.8 Å². The maximum atomic E-state index is 12.0. The molecule has 6 heteroatoms. The molecule has 0 aliphatic heterocycles. The molecule has 1 fully saturated rings. The number of nitrogens with zero attached hydrogens (tertiary/aromatic N) is 1. The van der Waals surface area contributed by atoms with Crippen molar-refractivity contribution >= 4 is 11.7 Å². The van der Waals surface area contributed by atoms with Crippen LogP contribution in [0.25, 0.3) is 0 Å². The SMILES string of the molecule is C[C@H]1CCC[C@H](OCc2cccc(NC(=O)NCc3ncc[nH]3)c2)C1. The Balaban J connectivity index is 1.46. The lowest BCUT2D eigenvalue weighted by molar-refractivity contribution is 0.00468. The van der Waals surface area contributed by atoms with Crippen molar-refractivity contribution in [2.45, 2.75) is 51.9 Å². The molecule has 1 heterocycles. The largest absolute Gasteiger partial charge is 0.374 e. The first kappa shape index (κ1) is 17.5. The minimum atomic E-state index is -0.254. The van der Waals surface area contributed by atoms with Crippen LogP contribution in [-0.4, -0.2) is 22.1 Å². The third kappa shape index (κ3) is 5.60. The number of benzene rings is 1. The topological polar surface area (TPSA) is 79.0 Å². The van der Waals surface area contributed by atoms with Crippen LogP contribution in [0, 0.1) is 5.92 Å². The van der Waals surface area contributed by atoms with Gasteiger partial charge in [0.05, 0.1) is 19.3 Å². The van der Waals surface area contributed by atoms with Gasteiger partial charge in [-0.1, -0.05) is 31.9 Å². The van der Waals surface area contributed by atoms with Gasteiger partial charge in [0.1, 0.15) is 5.82 Å². The Morgan fingerprint density at radius 1 is 1.40 bits per heavy atom. The van der Waals surface area contributed by atoms with E-state index in [2.05, 4.69) is 27.5 Å². The number of hydrogen-bond acceptors (Lipinski definition) is 3. The quantitative estimate of drug-likeness (QED) is 0.746. The molecule has 2 aromatic rings. The van der Waals surface area contributed by atoms with Crippen molar-refractivity contribution in [3.63, 3.8) is 0 Å². The van der Waals surface area contributed by atoms with E-state index in [-0.39, 0.29) is 6.03 Å². The predicted molar refractivity (Wildman–Crippen MR) is 97.1 cm³/mol. The van der Waals surface area contributed by atoms with Gasteiger partial charge in [0.15, 0.2) is 0 Å². The zero-order chi connectivity index (χ0) is 17.5. The third-order valence-corrected chi connectivity index (χ3v) is 4.53. The van der Waals surface area contributed by atoms with Crippen LogP contribution in [0.3, 0.4) is 0 Å². The fraction of sp³-hybridized carbons (Fsp3) is 0.474. The number of rotatable bonds is 6. The van der Waals surface area contributed by atoms with E-state index in [1.54, 1.807) is 12.4 Å². The van der Waals surface area contributed by atoms with Gasteiger partial charge >= 0.3 is 6.03 Å². The van der Waals surface area contributed by atoms with E-state index in [4.69, 9.17) is 4.74 Å². The van der Waals surface area contributed by atoms with Gasteiger partial charge in [0.25, 0.3) is 0 Å². The number of anilines is 1. The summed E-state index contributed by atoms with van der Waals surface area (Å²) in [5, 5.41) is 5.61. The van der Waals surface area contributed by atoms with Crippen molar-refractivity contribution in [2.24, 2.45) is 5.92 Å². The molecular weight excluding hydrogens is 316 g/mol. The van der Waals surface area contributed by atoms with Gasteiger partial charge in [-0.25, -0.2) is 9.78 Å². The number of aromatic nitrogens is 2. The lowest BCUT2D eigenvalue weighted by atomic mass is 9.89. The van der Waals surface area contributed by atoms with Crippen molar-refractivity contribution in [2.75, 3.05) is 5.32 Å². The van der Waals surface area contributed by atoms with E-state index in [1.807, 2.05) is 24.3 Å². The number of amides is 2. The van der Waals surface area contributed by atoms with Crippen LogP contribution in [0.4, 0.5) is 10.5 Å². The van der Waals surface area contributed by atoms with Gasteiger partial charge in [0.2, 0.25) is 0 Å². The Hall–Kier alpha value is -2.34. The average molecular weight is 342 g/mol. The van der Waals surface area contributed by atoms with Crippen molar-refractivity contribution in [1.29, 1.82) is 0 Å². The molecule has 0 saturated heterocycles. The van der Waals surface area contributed by atoms with Gasteiger partial charge in [-0.05, 0) is 36.5 Å². The summed E-state index contributed by atoms with van der Waals surface area (Å²) >= 11 is 0. The monoisotopic (exact) mass is 342 g/mol. The molecule has 1 aliphatic rings. The highest BCUT2D eigenvalue weighted by atomic mass is 16.5. The van der Waals surface area contributed by atoms with Gasteiger partial charge in [0, 0.05) is 18.1 Å². The first-order chi connectivity index (χ1) is 12.2. The summed E-state index contributed by atoms with van der Waals surface area (Å²) < 4.78 is 6.06. The number of aromatic amines is 1. The fourth-order valence-electron chi connectivity index (χ4n) is 3.22. The highest BCUT2D eigenvalue weighted by Gasteiger charge is 2.19.